The smallest absolute Gasteiger partial charge is 0.414 e. The maximum atomic E-state index is 13.3. The van der Waals surface area contributed by atoms with Gasteiger partial charge in [0.15, 0.2) is 0 Å². The van der Waals surface area contributed by atoms with E-state index in [2.05, 4.69) is 12.2 Å². The molecule has 10 nitrogen and oxygen atoms in total. The van der Waals surface area contributed by atoms with Gasteiger partial charge in [-0.1, -0.05) is 26.3 Å². The van der Waals surface area contributed by atoms with Crippen LogP contribution in [0.15, 0.2) is 64.6 Å². The summed E-state index contributed by atoms with van der Waals surface area (Å²) in [5, 5.41) is 18.2. The molecule has 0 amide bonds. The normalized spacial score (nSPS) is 10.6. The highest BCUT2D eigenvalue weighted by Gasteiger charge is 2.25. The Morgan fingerprint density at radius 1 is 0.923 bits per heavy atom. The molecule has 0 fully saturated rings. The van der Waals surface area contributed by atoms with Crippen LogP contribution < -0.4 is 10.1 Å². The second kappa shape index (κ2) is 17.0. The van der Waals surface area contributed by atoms with Crippen LogP contribution in [0.25, 0.3) is 5.52 Å². The molecule has 0 aliphatic heterocycles. The molecule has 11 heteroatoms. The van der Waals surface area contributed by atoms with Gasteiger partial charge in [0.1, 0.15) is 16.4 Å². The quantitative estimate of drug-likeness (QED) is 0.230. The lowest BCUT2D eigenvalue weighted by atomic mass is 10.2. The van der Waals surface area contributed by atoms with Gasteiger partial charge in [0.2, 0.25) is 9.84 Å². The van der Waals surface area contributed by atoms with Crippen LogP contribution in [0.5, 0.6) is 5.75 Å². The number of sulfone groups is 1. The number of fused-ring (bicyclic) bond motifs is 1. The number of nitrogens with one attached hydrogen (secondary N) is 1. The third kappa shape index (κ3) is 11.3. The number of unbranched alkanes of at least 4 members (excludes halogenated alkanes) is 1. The fourth-order valence-corrected chi connectivity index (χ4v) is 5.08. The minimum atomic E-state index is -3.61. The largest absolute Gasteiger partial charge is 0.494 e. The first kappa shape index (κ1) is 33.3. The van der Waals surface area contributed by atoms with Crippen LogP contribution >= 0.6 is 0 Å². The summed E-state index contributed by atoms with van der Waals surface area (Å²) in [7, 11) is -3.61. The van der Waals surface area contributed by atoms with Gasteiger partial charge in [0.05, 0.1) is 17.0 Å². The van der Waals surface area contributed by atoms with Gasteiger partial charge in [-0.3, -0.25) is 0 Å². The van der Waals surface area contributed by atoms with Crippen LogP contribution in [0.1, 0.15) is 52.5 Å². The first-order valence-electron chi connectivity index (χ1n) is 12.7. The Bertz CT molecular complexity index is 1300. The molecule has 3 aromatic rings. The van der Waals surface area contributed by atoms with Gasteiger partial charge in [-0.15, -0.1) is 0 Å². The van der Waals surface area contributed by atoms with Crippen LogP contribution in [0.3, 0.4) is 0 Å². The van der Waals surface area contributed by atoms with Crippen molar-refractivity contribution in [2.24, 2.45) is 0 Å². The summed E-state index contributed by atoms with van der Waals surface area (Å²) in [5.41, 5.74) is 1.53. The Hall–Kier alpha value is -3.70. The van der Waals surface area contributed by atoms with Crippen molar-refractivity contribution in [1.29, 1.82) is 0 Å². The molecular formula is C28H38N2O8S. The van der Waals surface area contributed by atoms with E-state index in [0.717, 1.165) is 25.1 Å². The van der Waals surface area contributed by atoms with E-state index in [9.17, 15) is 13.2 Å². The number of ketones is 1. The van der Waals surface area contributed by atoms with Crippen LogP contribution in [-0.4, -0.2) is 60.4 Å². The number of Topliss-reactive ketones (excluding diaryl/α,β-unsaturated/α-hetero) is 1. The van der Waals surface area contributed by atoms with E-state index in [1.54, 1.807) is 24.3 Å². The summed E-state index contributed by atoms with van der Waals surface area (Å²) in [6.45, 7) is 9.78. The molecule has 0 spiro atoms. The van der Waals surface area contributed by atoms with Crippen LogP contribution in [0.4, 0.5) is 0 Å². The Morgan fingerprint density at radius 3 is 2.05 bits per heavy atom. The maximum Gasteiger partial charge on any atom is 0.414 e. The minimum Gasteiger partial charge on any atom is -0.494 e. The van der Waals surface area contributed by atoms with E-state index < -0.39 is 21.8 Å². The monoisotopic (exact) mass is 562 g/mol. The molecule has 0 aliphatic rings. The van der Waals surface area contributed by atoms with Gasteiger partial charge >= 0.3 is 11.9 Å². The number of carbonyl (C=O) groups is 3. The number of ether oxygens (including phenoxy) is 1. The molecule has 1 aromatic carbocycles. The van der Waals surface area contributed by atoms with Gasteiger partial charge < -0.3 is 29.5 Å². The third-order valence-corrected chi connectivity index (χ3v) is 7.05. The van der Waals surface area contributed by atoms with E-state index in [4.69, 9.17) is 24.5 Å². The number of rotatable bonds is 11. The number of hydrogen-bond donors (Lipinski definition) is 3. The molecule has 0 unspecified atom stereocenters. The summed E-state index contributed by atoms with van der Waals surface area (Å²) in [4.78, 5) is 28.3. The molecule has 2 aromatic heterocycles. The lowest BCUT2D eigenvalue weighted by Gasteiger charge is -2.09. The van der Waals surface area contributed by atoms with Gasteiger partial charge in [0.25, 0.3) is 0 Å². The van der Waals surface area contributed by atoms with Crippen molar-refractivity contribution >= 4 is 33.1 Å². The number of aliphatic carboxylic acids is 2. The number of carboxylic acids is 2. The predicted octanol–water partition coefficient (Wildman–Crippen LogP) is 4.24. The molecule has 0 radical (unpaired) electrons. The number of aryl methyl sites for hydroxylation is 1. The van der Waals surface area contributed by atoms with Crippen molar-refractivity contribution in [2.45, 2.75) is 63.2 Å². The molecule has 0 bridgehead atoms. The van der Waals surface area contributed by atoms with E-state index >= 15 is 0 Å². The standard InChI is InChI=1S/C23H30N2O3S.C3H6O.C2H2O4/c1-3-5-14-24-15-8-17-28-20-10-12-21(13-11-20)29(26,27)23-19(4-2)18-25-16-7-6-9-22(23)25;1-3(2)4;3-1(4)2(5)6/h6-7,9-13,16,18,24H,3-5,8,14-15,17H2,1-2H3;1-2H3;(H,3,4)(H,5,6). The maximum absolute atomic E-state index is 13.3. The molecule has 39 heavy (non-hydrogen) atoms. The molecule has 3 N–H and O–H groups in total. The van der Waals surface area contributed by atoms with Crippen molar-refractivity contribution in [2.75, 3.05) is 19.7 Å². The first-order chi connectivity index (χ1) is 18.4. The summed E-state index contributed by atoms with van der Waals surface area (Å²) < 4.78 is 34.3. The molecule has 0 saturated carbocycles. The SMILES string of the molecule is CC(C)=O.CCCCNCCCOc1ccc(S(=O)(=O)c2c(CC)cn3ccccc23)cc1.O=C(O)C(=O)O. The minimum absolute atomic E-state index is 0.167. The predicted molar refractivity (Wildman–Crippen MR) is 148 cm³/mol. The zero-order chi connectivity index (χ0) is 29.4. The van der Waals surface area contributed by atoms with Crippen molar-refractivity contribution in [1.82, 2.24) is 9.72 Å². The lowest BCUT2D eigenvalue weighted by Crippen LogP contribution is -2.18. The summed E-state index contributed by atoms with van der Waals surface area (Å²) in [5.74, 6) is -2.79. The Kier molecular flexibility index (Phi) is 14.5. The van der Waals surface area contributed by atoms with Crippen molar-refractivity contribution in [3.63, 3.8) is 0 Å². The molecule has 0 atom stereocenters. The Balaban J connectivity index is 0.000000651. The summed E-state index contributed by atoms with van der Waals surface area (Å²) >= 11 is 0. The van der Waals surface area contributed by atoms with Crippen molar-refractivity contribution in [3.8, 4) is 5.75 Å². The van der Waals surface area contributed by atoms with Gasteiger partial charge in [0, 0.05) is 12.4 Å². The number of pyridine rings is 1. The molecular weight excluding hydrogens is 524 g/mol. The second-order valence-electron chi connectivity index (χ2n) is 8.63. The molecule has 214 valence electrons. The average Bonchev–Trinajstić information content (AvgIpc) is 3.28. The summed E-state index contributed by atoms with van der Waals surface area (Å²) in [6, 6.07) is 12.4. The van der Waals surface area contributed by atoms with Crippen molar-refractivity contribution < 1.29 is 37.8 Å². The lowest BCUT2D eigenvalue weighted by molar-refractivity contribution is -0.159. The number of aromatic nitrogens is 1. The Labute approximate surface area is 229 Å². The van der Waals surface area contributed by atoms with E-state index in [-0.39, 0.29) is 10.7 Å². The van der Waals surface area contributed by atoms with Gasteiger partial charge in [-0.05, 0) is 88.2 Å². The zero-order valence-electron chi connectivity index (χ0n) is 22.8. The number of benzene rings is 1. The van der Waals surface area contributed by atoms with Crippen LogP contribution in [0, 0.1) is 0 Å². The number of hydrogen-bond acceptors (Lipinski definition) is 7. The van der Waals surface area contributed by atoms with E-state index in [0.29, 0.717) is 29.2 Å². The fourth-order valence-electron chi connectivity index (χ4n) is 3.36. The first-order valence-corrected chi connectivity index (χ1v) is 14.1. The second-order valence-corrected chi connectivity index (χ2v) is 10.5. The molecule has 3 rings (SSSR count). The average molecular weight is 563 g/mol. The molecule has 0 saturated heterocycles. The Morgan fingerprint density at radius 2 is 1.51 bits per heavy atom. The zero-order valence-corrected chi connectivity index (χ0v) is 23.7. The van der Waals surface area contributed by atoms with Gasteiger partial charge in [-0.25, -0.2) is 18.0 Å². The van der Waals surface area contributed by atoms with E-state index in [1.165, 1.54) is 26.7 Å². The van der Waals surface area contributed by atoms with Crippen molar-refractivity contribution in [3.05, 3.63) is 60.4 Å². The van der Waals surface area contributed by atoms with E-state index in [1.807, 2.05) is 41.9 Å². The molecule has 0 aliphatic carbocycles. The number of carboxylic acid groups (broad SMARTS) is 2. The van der Waals surface area contributed by atoms with Crippen LogP contribution in [-0.2, 0) is 30.6 Å². The van der Waals surface area contributed by atoms with Gasteiger partial charge in [-0.2, -0.15) is 0 Å². The number of nitrogens with zero attached hydrogens (tertiary/aromatic N) is 1. The fraction of sp³-hybridized carbons (Fsp3) is 0.393. The van der Waals surface area contributed by atoms with Crippen LogP contribution in [0.2, 0.25) is 0 Å². The molecule has 2 heterocycles. The third-order valence-electron chi connectivity index (χ3n) is 5.15. The highest BCUT2D eigenvalue weighted by Crippen LogP contribution is 2.31. The topological polar surface area (TPSA) is 151 Å². The highest BCUT2D eigenvalue weighted by atomic mass is 32.2. The highest BCUT2D eigenvalue weighted by molar-refractivity contribution is 7.91. The summed E-state index contributed by atoms with van der Waals surface area (Å²) in [6.07, 6.45) is 7.73. The number of carbonyl (C=O) groups excluding carboxylic acids is 1.